The Balaban J connectivity index is 2.03. The van der Waals surface area contributed by atoms with Crippen LogP contribution in [0.1, 0.15) is 17.3 Å². The van der Waals surface area contributed by atoms with Gasteiger partial charge in [0, 0.05) is 11.3 Å². The summed E-state index contributed by atoms with van der Waals surface area (Å²) in [6.07, 6.45) is 0. The van der Waals surface area contributed by atoms with Crippen molar-refractivity contribution in [2.45, 2.75) is 11.8 Å². The van der Waals surface area contributed by atoms with Crippen LogP contribution in [0.15, 0.2) is 56.2 Å². The van der Waals surface area contributed by atoms with E-state index in [0.717, 1.165) is 0 Å². The van der Waals surface area contributed by atoms with Crippen molar-refractivity contribution in [3.05, 3.63) is 52.5 Å². The third-order valence-electron chi connectivity index (χ3n) is 3.36. The summed E-state index contributed by atoms with van der Waals surface area (Å²) in [6.45, 7) is 2.37. The summed E-state index contributed by atoms with van der Waals surface area (Å²) in [5.41, 5.74) is 11.1. The van der Waals surface area contributed by atoms with E-state index in [2.05, 4.69) is 31.0 Å². The first kappa shape index (κ1) is 22.6. The molecule has 0 heterocycles. The van der Waals surface area contributed by atoms with Crippen LogP contribution in [0.25, 0.3) is 0 Å². The van der Waals surface area contributed by atoms with Crippen molar-refractivity contribution in [1.29, 1.82) is 0 Å². The summed E-state index contributed by atoms with van der Waals surface area (Å²) in [7, 11) is -3.98. The van der Waals surface area contributed by atoms with E-state index in [1.807, 2.05) is 6.92 Å². The largest absolute Gasteiger partial charge is 0.493 e. The number of ether oxygens (including phenoxy) is 1. The Labute approximate surface area is 181 Å². The maximum absolute atomic E-state index is 12.3. The molecule has 0 fully saturated rings. The van der Waals surface area contributed by atoms with Gasteiger partial charge in [0.2, 0.25) is 5.96 Å². The van der Waals surface area contributed by atoms with Crippen molar-refractivity contribution >= 4 is 60.8 Å². The van der Waals surface area contributed by atoms with Crippen LogP contribution in [0.4, 0.5) is 5.69 Å². The van der Waals surface area contributed by atoms with E-state index in [-0.39, 0.29) is 10.0 Å². The van der Waals surface area contributed by atoms with Gasteiger partial charge in [0.1, 0.15) is 5.75 Å². The third kappa shape index (κ3) is 6.41. The van der Waals surface area contributed by atoms with Gasteiger partial charge in [-0.2, -0.15) is 8.42 Å². The lowest BCUT2D eigenvalue weighted by Crippen LogP contribution is -2.34. The highest BCUT2D eigenvalue weighted by atomic mass is 79.9. The first-order valence-corrected chi connectivity index (χ1v) is 10.8. The summed E-state index contributed by atoms with van der Waals surface area (Å²) in [4.78, 5) is 12.2. The van der Waals surface area contributed by atoms with E-state index >= 15 is 0 Å². The molecule has 154 valence electrons. The van der Waals surface area contributed by atoms with Crippen LogP contribution in [0.5, 0.6) is 5.75 Å². The predicted octanol–water partition coefficient (Wildman–Crippen LogP) is 1.94. The minimum absolute atomic E-state index is 0.0415. The minimum Gasteiger partial charge on any atom is -0.493 e. The highest BCUT2D eigenvalue weighted by Gasteiger charge is 2.14. The van der Waals surface area contributed by atoms with Crippen molar-refractivity contribution < 1.29 is 17.9 Å². The Hall–Kier alpha value is -2.70. The maximum Gasteiger partial charge on any atom is 0.285 e. The van der Waals surface area contributed by atoms with E-state index < -0.39 is 21.9 Å². The molecule has 12 heteroatoms. The molecular formula is C17H18BrN5O4S2. The van der Waals surface area contributed by atoms with Crippen molar-refractivity contribution in [2.24, 2.45) is 15.9 Å². The molecule has 0 aliphatic rings. The molecule has 9 nitrogen and oxygen atoms in total. The Morgan fingerprint density at radius 3 is 2.41 bits per heavy atom. The summed E-state index contributed by atoms with van der Waals surface area (Å²) in [5.74, 6) is -0.351. The number of nitrogens with one attached hydrogen (secondary N) is 2. The van der Waals surface area contributed by atoms with Gasteiger partial charge in [-0.1, -0.05) is 0 Å². The number of halogens is 1. The number of carbonyl (C=O) groups excluding carboxylic acids is 1. The molecule has 0 spiro atoms. The van der Waals surface area contributed by atoms with Crippen molar-refractivity contribution in [2.75, 3.05) is 11.9 Å². The normalized spacial score (nSPS) is 10.7. The quantitative estimate of drug-likeness (QED) is 0.267. The van der Waals surface area contributed by atoms with E-state index in [0.29, 0.717) is 28.1 Å². The average Bonchev–Trinajstić information content (AvgIpc) is 2.62. The summed E-state index contributed by atoms with van der Waals surface area (Å²) < 4.78 is 33.1. The zero-order valence-electron chi connectivity index (χ0n) is 15.2. The van der Waals surface area contributed by atoms with Crippen LogP contribution in [-0.4, -0.2) is 32.0 Å². The van der Waals surface area contributed by atoms with Crippen LogP contribution < -0.4 is 26.8 Å². The minimum atomic E-state index is -3.98. The monoisotopic (exact) mass is 499 g/mol. The van der Waals surface area contributed by atoms with Crippen molar-refractivity contribution in [1.82, 2.24) is 5.32 Å². The molecular weight excluding hydrogens is 482 g/mol. The number of hydrogen-bond acceptors (Lipinski definition) is 5. The lowest BCUT2D eigenvalue weighted by molar-refractivity contribution is 0.0977. The van der Waals surface area contributed by atoms with Gasteiger partial charge in [-0.3, -0.25) is 10.1 Å². The molecule has 0 bridgehead atoms. The fourth-order valence-electron chi connectivity index (χ4n) is 2.15. The fraction of sp³-hybridized carbons (Fsp3) is 0.118. The second-order valence-electron chi connectivity index (χ2n) is 5.50. The van der Waals surface area contributed by atoms with E-state index in [1.54, 1.807) is 18.2 Å². The molecule has 2 rings (SSSR count). The Morgan fingerprint density at radius 1 is 1.21 bits per heavy atom. The highest BCUT2D eigenvalue weighted by molar-refractivity contribution is 9.10. The maximum atomic E-state index is 12.3. The second-order valence-corrected chi connectivity index (χ2v) is 8.37. The molecule has 1 amide bonds. The van der Waals surface area contributed by atoms with E-state index in [4.69, 9.17) is 28.4 Å². The smallest absolute Gasteiger partial charge is 0.285 e. The highest BCUT2D eigenvalue weighted by Crippen LogP contribution is 2.26. The lowest BCUT2D eigenvalue weighted by Gasteiger charge is -2.11. The second kappa shape index (κ2) is 9.67. The first-order chi connectivity index (χ1) is 13.6. The molecule has 0 saturated heterocycles. The standard InChI is InChI=1S/C17H18BrN5O4S2/c1-2-27-14-8-3-10(9-13(14)18)15(24)22-17(28)21-11-4-6-12(7-5-11)29(25,26)23-16(19)20/h3-9H,2H2,1H3,(H4,19,20,23)(H2,21,22,24,28). The van der Waals surface area contributed by atoms with Crippen LogP contribution in [0.3, 0.4) is 0 Å². The zero-order valence-corrected chi connectivity index (χ0v) is 18.4. The van der Waals surface area contributed by atoms with Gasteiger partial charge in [0.25, 0.3) is 15.9 Å². The number of nitrogens with two attached hydrogens (primary N) is 2. The SMILES string of the molecule is CCOc1ccc(C(=O)NC(=S)Nc2ccc(S(=O)(=O)N=C(N)N)cc2)cc1Br. The van der Waals surface area contributed by atoms with Crippen LogP contribution in [0, 0.1) is 0 Å². The number of sulfonamides is 1. The molecule has 29 heavy (non-hydrogen) atoms. The number of nitrogens with zero attached hydrogens (tertiary/aromatic N) is 1. The predicted molar refractivity (Wildman–Crippen MR) is 118 cm³/mol. The van der Waals surface area contributed by atoms with Gasteiger partial charge >= 0.3 is 0 Å². The number of carbonyl (C=O) groups is 1. The number of guanidine groups is 1. The molecule has 0 unspecified atom stereocenters. The number of thiocarbonyl (C=S) groups is 1. The average molecular weight is 500 g/mol. The van der Waals surface area contributed by atoms with Crippen molar-refractivity contribution in [3.8, 4) is 5.75 Å². The van der Waals surface area contributed by atoms with E-state index in [1.165, 1.54) is 24.3 Å². The van der Waals surface area contributed by atoms with Gasteiger partial charge in [-0.25, -0.2) is 0 Å². The Kier molecular flexibility index (Phi) is 7.53. The summed E-state index contributed by atoms with van der Waals surface area (Å²) in [5, 5.41) is 5.37. The Morgan fingerprint density at radius 2 is 1.86 bits per heavy atom. The van der Waals surface area contributed by atoms with Gasteiger partial charge < -0.3 is 21.5 Å². The number of hydrogen-bond donors (Lipinski definition) is 4. The Bertz CT molecular complexity index is 1050. The number of anilines is 1. The molecule has 0 atom stereocenters. The van der Waals surface area contributed by atoms with Crippen molar-refractivity contribution in [3.63, 3.8) is 0 Å². The number of rotatable bonds is 6. The molecule has 0 saturated carbocycles. The molecule has 2 aromatic rings. The molecule has 0 aromatic heterocycles. The molecule has 0 radical (unpaired) electrons. The fourth-order valence-corrected chi connectivity index (χ4v) is 3.72. The van der Waals surface area contributed by atoms with Gasteiger partial charge in [0.05, 0.1) is 16.0 Å². The summed E-state index contributed by atoms with van der Waals surface area (Å²) in [6, 6.07) is 10.4. The molecule has 2 aromatic carbocycles. The summed E-state index contributed by atoms with van der Waals surface area (Å²) >= 11 is 8.47. The topological polar surface area (TPSA) is 149 Å². The van der Waals surface area contributed by atoms with Gasteiger partial charge in [0.15, 0.2) is 5.11 Å². The molecule has 0 aliphatic carbocycles. The molecule has 6 N–H and O–H groups in total. The van der Waals surface area contributed by atoms with Crippen LogP contribution in [-0.2, 0) is 10.0 Å². The van der Waals surface area contributed by atoms with Crippen LogP contribution in [0.2, 0.25) is 0 Å². The van der Waals surface area contributed by atoms with E-state index in [9.17, 15) is 13.2 Å². The zero-order chi connectivity index (χ0) is 21.6. The lowest BCUT2D eigenvalue weighted by atomic mass is 10.2. The number of amides is 1. The third-order valence-corrected chi connectivity index (χ3v) is 5.50. The number of benzene rings is 2. The molecule has 0 aliphatic heterocycles. The van der Waals surface area contributed by atoms with Gasteiger partial charge in [-0.15, -0.1) is 4.40 Å². The van der Waals surface area contributed by atoms with Gasteiger partial charge in [-0.05, 0) is 77.5 Å². The van der Waals surface area contributed by atoms with Crippen LogP contribution >= 0.6 is 28.1 Å². The first-order valence-electron chi connectivity index (χ1n) is 8.13.